The highest BCUT2D eigenvalue weighted by Gasteiger charge is 2.28. The maximum atomic E-state index is 12.0. The molecule has 2 fully saturated rings. The number of hydrogen-bond acceptors (Lipinski definition) is 3. The highest BCUT2D eigenvalue weighted by Crippen LogP contribution is 2.21. The maximum absolute atomic E-state index is 12.0. The molecular weight excluding hydrogens is 425 g/mol. The van der Waals surface area contributed by atoms with E-state index in [0.29, 0.717) is 6.42 Å². The van der Waals surface area contributed by atoms with Gasteiger partial charge in [-0.3, -0.25) is 9.69 Å². The maximum Gasteiger partial charge on any atom is 0.224 e. The van der Waals surface area contributed by atoms with Gasteiger partial charge in [0.25, 0.3) is 0 Å². The number of piperazine rings is 1. The zero-order valence-corrected chi connectivity index (χ0v) is 17.7. The molecule has 7 heteroatoms. The number of anilines is 1. The lowest BCUT2D eigenvalue weighted by Crippen LogP contribution is -2.54. The van der Waals surface area contributed by atoms with Crippen LogP contribution in [-0.4, -0.2) is 54.5 Å². The number of halogens is 3. The second-order valence-corrected chi connectivity index (χ2v) is 7.56. The average Bonchev–Trinajstić information content (AvgIpc) is 2.57. The van der Waals surface area contributed by atoms with Crippen LogP contribution in [0.15, 0.2) is 28.7 Å². The number of nitrogens with zero attached hydrogens (tertiary/aromatic N) is 2. The Bertz CT molecular complexity index is 530. The molecule has 0 aliphatic carbocycles. The predicted molar refractivity (Wildman–Crippen MR) is 112 cm³/mol. The number of amides is 1. The van der Waals surface area contributed by atoms with Gasteiger partial charge >= 0.3 is 0 Å². The highest BCUT2D eigenvalue weighted by molar-refractivity contribution is 9.10. The zero-order valence-electron chi connectivity index (χ0n) is 14.5. The van der Waals surface area contributed by atoms with E-state index in [9.17, 15) is 4.79 Å². The van der Waals surface area contributed by atoms with E-state index in [1.54, 1.807) is 0 Å². The third-order valence-corrected chi connectivity index (χ3v) is 5.46. The van der Waals surface area contributed by atoms with Crippen molar-refractivity contribution in [2.45, 2.75) is 38.1 Å². The molecule has 0 radical (unpaired) electrons. The summed E-state index contributed by atoms with van der Waals surface area (Å²) in [7, 11) is 0. The molecule has 142 valence electrons. The van der Waals surface area contributed by atoms with Crippen LogP contribution in [0, 0.1) is 0 Å². The topological polar surface area (TPSA) is 35.6 Å². The number of hydrogen-bond donors (Lipinski definition) is 1. The first-order chi connectivity index (χ1) is 11.2. The molecule has 1 amide bonds. The first-order valence-electron chi connectivity index (χ1n) is 8.72. The fraction of sp³-hybridized carbons (Fsp3) is 0.611. The van der Waals surface area contributed by atoms with Gasteiger partial charge in [-0.05, 0) is 56.6 Å². The van der Waals surface area contributed by atoms with Gasteiger partial charge in [-0.1, -0.05) is 22.4 Å². The summed E-state index contributed by atoms with van der Waals surface area (Å²) in [6.45, 7) is 5.88. The normalized spacial score (nSPS) is 20.8. The molecule has 0 saturated carbocycles. The van der Waals surface area contributed by atoms with E-state index in [1.807, 2.05) is 24.3 Å². The van der Waals surface area contributed by atoms with E-state index in [1.165, 1.54) is 38.9 Å². The molecule has 2 aliphatic heterocycles. The van der Waals surface area contributed by atoms with Crippen LogP contribution >= 0.6 is 40.7 Å². The van der Waals surface area contributed by atoms with Crippen LogP contribution < -0.4 is 5.32 Å². The van der Waals surface area contributed by atoms with Gasteiger partial charge in [-0.2, -0.15) is 0 Å². The summed E-state index contributed by atoms with van der Waals surface area (Å²) in [5, 5.41) is 2.97. The number of fused-ring (bicyclic) bond motifs is 1. The van der Waals surface area contributed by atoms with Gasteiger partial charge in [0.15, 0.2) is 0 Å². The molecule has 2 aliphatic rings. The van der Waals surface area contributed by atoms with Crippen molar-refractivity contribution in [3.8, 4) is 0 Å². The molecule has 0 spiro atoms. The second kappa shape index (κ2) is 11.4. The van der Waals surface area contributed by atoms with Gasteiger partial charge in [-0.25, -0.2) is 0 Å². The van der Waals surface area contributed by atoms with E-state index in [-0.39, 0.29) is 30.7 Å². The smallest absolute Gasteiger partial charge is 0.224 e. The third-order valence-electron chi connectivity index (χ3n) is 4.93. The van der Waals surface area contributed by atoms with Crippen LogP contribution in [0.4, 0.5) is 5.69 Å². The Labute approximate surface area is 171 Å². The van der Waals surface area contributed by atoms with E-state index < -0.39 is 0 Å². The summed E-state index contributed by atoms with van der Waals surface area (Å²) in [6.07, 6.45) is 5.63. The SMILES string of the molecule is Cl.Cl.O=C(CCCN1CCN2CCCCC2C1)Nc1ccc(Br)cc1. The van der Waals surface area contributed by atoms with Crippen LogP contribution in [0.25, 0.3) is 0 Å². The van der Waals surface area contributed by atoms with E-state index in [0.717, 1.165) is 35.7 Å². The number of carbonyl (C=O) groups excluding carboxylic acids is 1. The largest absolute Gasteiger partial charge is 0.326 e. The predicted octanol–water partition coefficient (Wildman–Crippen LogP) is 4.18. The first kappa shape index (κ1) is 22.7. The summed E-state index contributed by atoms with van der Waals surface area (Å²) in [5.74, 6) is 0.114. The Balaban J connectivity index is 0.00000156. The van der Waals surface area contributed by atoms with Crippen LogP contribution in [-0.2, 0) is 4.79 Å². The fourth-order valence-electron chi connectivity index (χ4n) is 3.64. The van der Waals surface area contributed by atoms with E-state index >= 15 is 0 Å². The van der Waals surface area contributed by atoms with Gasteiger partial charge in [-0.15, -0.1) is 24.8 Å². The minimum Gasteiger partial charge on any atom is -0.326 e. The van der Waals surface area contributed by atoms with Crippen molar-refractivity contribution in [2.75, 3.05) is 38.0 Å². The lowest BCUT2D eigenvalue weighted by atomic mass is 9.99. The molecular formula is C18H28BrCl2N3O. The molecule has 1 N–H and O–H groups in total. The molecule has 1 atom stereocenters. The number of nitrogens with one attached hydrogen (secondary N) is 1. The minimum atomic E-state index is 0. The molecule has 1 aromatic rings. The quantitative estimate of drug-likeness (QED) is 0.727. The van der Waals surface area contributed by atoms with Crippen LogP contribution in [0.2, 0.25) is 0 Å². The van der Waals surface area contributed by atoms with Crippen molar-refractivity contribution in [1.29, 1.82) is 0 Å². The lowest BCUT2D eigenvalue weighted by molar-refractivity contribution is -0.116. The van der Waals surface area contributed by atoms with Gasteiger partial charge in [0, 0.05) is 42.3 Å². The van der Waals surface area contributed by atoms with Crippen molar-refractivity contribution in [1.82, 2.24) is 9.80 Å². The molecule has 25 heavy (non-hydrogen) atoms. The first-order valence-corrected chi connectivity index (χ1v) is 9.52. The summed E-state index contributed by atoms with van der Waals surface area (Å²) in [6, 6.07) is 8.49. The second-order valence-electron chi connectivity index (χ2n) is 6.64. The van der Waals surface area contributed by atoms with E-state index in [2.05, 4.69) is 31.0 Å². The summed E-state index contributed by atoms with van der Waals surface area (Å²) in [5.41, 5.74) is 0.869. The number of piperidine rings is 1. The summed E-state index contributed by atoms with van der Waals surface area (Å²) in [4.78, 5) is 17.2. The number of carbonyl (C=O) groups is 1. The highest BCUT2D eigenvalue weighted by atomic mass is 79.9. The third kappa shape index (κ3) is 7.06. The Kier molecular flexibility index (Phi) is 10.4. The summed E-state index contributed by atoms with van der Waals surface area (Å²) < 4.78 is 1.03. The molecule has 0 bridgehead atoms. The minimum absolute atomic E-state index is 0. The van der Waals surface area contributed by atoms with Gasteiger partial charge in [0.1, 0.15) is 0 Å². The van der Waals surface area contributed by atoms with Crippen LogP contribution in [0.5, 0.6) is 0 Å². The van der Waals surface area contributed by atoms with Crippen molar-refractivity contribution in [3.63, 3.8) is 0 Å². The number of rotatable bonds is 5. The molecule has 4 nitrogen and oxygen atoms in total. The van der Waals surface area contributed by atoms with Gasteiger partial charge in [0.2, 0.25) is 5.91 Å². The van der Waals surface area contributed by atoms with Crippen molar-refractivity contribution < 1.29 is 4.79 Å². The van der Waals surface area contributed by atoms with Gasteiger partial charge in [0.05, 0.1) is 0 Å². The molecule has 1 aromatic carbocycles. The Morgan fingerprint density at radius 2 is 1.88 bits per heavy atom. The fourth-order valence-corrected chi connectivity index (χ4v) is 3.91. The van der Waals surface area contributed by atoms with Gasteiger partial charge < -0.3 is 10.2 Å². The Hall–Kier alpha value is -0.330. The molecule has 2 heterocycles. The Morgan fingerprint density at radius 3 is 2.64 bits per heavy atom. The lowest BCUT2D eigenvalue weighted by Gasteiger charge is -2.44. The summed E-state index contributed by atoms with van der Waals surface area (Å²) >= 11 is 3.40. The molecule has 2 saturated heterocycles. The molecule has 0 aromatic heterocycles. The zero-order chi connectivity index (χ0) is 16.1. The monoisotopic (exact) mass is 451 g/mol. The molecule has 3 rings (SSSR count). The van der Waals surface area contributed by atoms with Crippen LogP contribution in [0.1, 0.15) is 32.1 Å². The number of benzene rings is 1. The van der Waals surface area contributed by atoms with Crippen molar-refractivity contribution in [2.24, 2.45) is 0 Å². The Morgan fingerprint density at radius 1 is 1.12 bits per heavy atom. The van der Waals surface area contributed by atoms with Crippen molar-refractivity contribution in [3.05, 3.63) is 28.7 Å². The average molecular weight is 453 g/mol. The van der Waals surface area contributed by atoms with Crippen molar-refractivity contribution >= 4 is 52.3 Å². The standard InChI is InChI=1S/C18H26BrN3O.2ClH/c19-15-6-8-16(9-7-15)20-18(23)5-3-10-21-12-13-22-11-2-1-4-17(22)14-21;;/h6-9,17H,1-5,10-14H2,(H,20,23);2*1H. The van der Waals surface area contributed by atoms with Crippen LogP contribution in [0.3, 0.4) is 0 Å². The molecule has 1 unspecified atom stereocenters. The van der Waals surface area contributed by atoms with E-state index in [4.69, 9.17) is 0 Å².